The molecule has 1 aromatic carbocycles. The van der Waals surface area contributed by atoms with Gasteiger partial charge in [-0.15, -0.1) is 0 Å². The van der Waals surface area contributed by atoms with Crippen LogP contribution in [0.1, 0.15) is 55.4 Å². The van der Waals surface area contributed by atoms with E-state index in [1.165, 1.54) is 37.0 Å². The quantitative estimate of drug-likeness (QED) is 0.763. The van der Waals surface area contributed by atoms with Crippen LogP contribution in [-0.4, -0.2) is 33.6 Å². The van der Waals surface area contributed by atoms with Crippen molar-refractivity contribution < 1.29 is 18.8 Å². The Morgan fingerprint density at radius 1 is 1.10 bits per heavy atom. The summed E-state index contributed by atoms with van der Waals surface area (Å²) >= 11 is 0. The minimum Gasteiger partial charge on any atom is -0.456 e. The fourth-order valence-corrected chi connectivity index (χ4v) is 4.59. The van der Waals surface area contributed by atoms with Gasteiger partial charge in [0.25, 0.3) is 0 Å². The Hall–Kier alpha value is -3.16. The number of benzene rings is 1. The summed E-state index contributed by atoms with van der Waals surface area (Å²) in [7, 11) is 0. The molecule has 1 aliphatic carbocycles. The topological polar surface area (TPSA) is 97.6 Å². The summed E-state index contributed by atoms with van der Waals surface area (Å²) in [5.74, 6) is 1.23. The van der Waals surface area contributed by atoms with Crippen LogP contribution in [0.15, 0.2) is 46.1 Å². The molecule has 5 rings (SSSR count). The van der Waals surface area contributed by atoms with Crippen molar-refractivity contribution in [2.75, 3.05) is 6.61 Å². The van der Waals surface area contributed by atoms with E-state index in [1.807, 2.05) is 30.3 Å². The van der Waals surface area contributed by atoms with Crippen LogP contribution in [0.25, 0.3) is 0 Å². The Bertz CT molecular complexity index is 978. The number of cyclic esters (lactones) is 1. The SMILES string of the molecule is O=C1OCC2=C1C(c1ccccc1)NC(=O)N2Cc1noc(CC2CCCCC2)n1. The first-order valence-corrected chi connectivity index (χ1v) is 10.5. The van der Waals surface area contributed by atoms with Crippen LogP contribution in [-0.2, 0) is 22.5 Å². The van der Waals surface area contributed by atoms with Gasteiger partial charge in [0.1, 0.15) is 6.61 Å². The molecule has 156 valence electrons. The van der Waals surface area contributed by atoms with Gasteiger partial charge >= 0.3 is 12.0 Å². The summed E-state index contributed by atoms with van der Waals surface area (Å²) < 4.78 is 10.7. The molecule has 0 spiro atoms. The zero-order valence-corrected chi connectivity index (χ0v) is 16.7. The monoisotopic (exact) mass is 408 g/mol. The fraction of sp³-hybridized carbons (Fsp3) is 0.455. The smallest absolute Gasteiger partial charge is 0.338 e. The summed E-state index contributed by atoms with van der Waals surface area (Å²) in [6.45, 7) is 0.203. The summed E-state index contributed by atoms with van der Waals surface area (Å²) in [5.41, 5.74) is 1.87. The molecule has 1 saturated carbocycles. The second-order valence-corrected chi connectivity index (χ2v) is 8.13. The molecule has 30 heavy (non-hydrogen) atoms. The number of urea groups is 1. The van der Waals surface area contributed by atoms with Crippen LogP contribution in [0.3, 0.4) is 0 Å². The lowest BCUT2D eigenvalue weighted by Gasteiger charge is -2.32. The van der Waals surface area contributed by atoms with Crippen LogP contribution in [0.5, 0.6) is 0 Å². The Morgan fingerprint density at radius 3 is 2.70 bits per heavy atom. The number of aromatic nitrogens is 2. The minimum atomic E-state index is -0.521. The van der Waals surface area contributed by atoms with E-state index in [0.717, 1.165) is 12.0 Å². The number of carbonyl (C=O) groups is 2. The second kappa shape index (κ2) is 7.93. The molecule has 3 aliphatic rings. The van der Waals surface area contributed by atoms with Crippen LogP contribution in [0.2, 0.25) is 0 Å². The van der Waals surface area contributed by atoms with Crippen LogP contribution in [0.4, 0.5) is 4.79 Å². The van der Waals surface area contributed by atoms with Gasteiger partial charge in [-0.1, -0.05) is 54.8 Å². The molecule has 1 atom stereocenters. The van der Waals surface area contributed by atoms with Crippen molar-refractivity contribution in [3.8, 4) is 0 Å². The van der Waals surface area contributed by atoms with Gasteiger partial charge in [0.05, 0.1) is 23.9 Å². The van der Waals surface area contributed by atoms with E-state index in [4.69, 9.17) is 9.26 Å². The van der Waals surface area contributed by atoms with Crippen LogP contribution in [0, 0.1) is 5.92 Å². The lowest BCUT2D eigenvalue weighted by atomic mass is 9.87. The van der Waals surface area contributed by atoms with Crippen molar-refractivity contribution in [2.45, 2.75) is 51.1 Å². The number of ether oxygens (including phenoxy) is 1. The number of rotatable bonds is 5. The molecule has 8 nitrogen and oxygen atoms in total. The maximum Gasteiger partial charge on any atom is 0.338 e. The van der Waals surface area contributed by atoms with E-state index in [2.05, 4.69) is 15.5 Å². The molecule has 2 aliphatic heterocycles. The van der Waals surface area contributed by atoms with E-state index in [1.54, 1.807) is 0 Å². The Balaban J connectivity index is 1.36. The van der Waals surface area contributed by atoms with Gasteiger partial charge in [0, 0.05) is 6.42 Å². The van der Waals surface area contributed by atoms with Crippen molar-refractivity contribution in [1.82, 2.24) is 20.4 Å². The first kappa shape index (κ1) is 18.8. The number of amides is 2. The molecule has 0 radical (unpaired) electrons. The highest BCUT2D eigenvalue weighted by atomic mass is 16.5. The highest BCUT2D eigenvalue weighted by Crippen LogP contribution is 2.35. The largest absolute Gasteiger partial charge is 0.456 e. The molecule has 0 saturated heterocycles. The molecule has 0 bridgehead atoms. The number of carbonyl (C=O) groups excluding carboxylic acids is 2. The van der Waals surface area contributed by atoms with E-state index < -0.39 is 12.0 Å². The average molecular weight is 408 g/mol. The van der Waals surface area contributed by atoms with E-state index >= 15 is 0 Å². The molecule has 1 aromatic heterocycles. The zero-order valence-electron chi connectivity index (χ0n) is 16.7. The number of nitrogens with one attached hydrogen (secondary N) is 1. The maximum absolute atomic E-state index is 12.9. The Kier molecular flexibility index (Phi) is 4.98. The zero-order chi connectivity index (χ0) is 20.5. The summed E-state index contributed by atoms with van der Waals surface area (Å²) in [4.78, 5) is 31.3. The number of nitrogens with zero attached hydrogens (tertiary/aromatic N) is 3. The van der Waals surface area contributed by atoms with Gasteiger partial charge in [0.2, 0.25) is 5.89 Å². The predicted octanol–water partition coefficient (Wildman–Crippen LogP) is 3.27. The van der Waals surface area contributed by atoms with Gasteiger partial charge in [-0.2, -0.15) is 4.98 Å². The standard InChI is InChI=1S/C22H24N4O4/c27-21-19-16(13-29-21)26(22(28)24-20(19)15-9-5-2-6-10-15)12-17-23-18(30-25-17)11-14-7-3-1-4-8-14/h2,5-6,9-10,14,20H,1,3-4,7-8,11-13H2,(H,24,28). The summed E-state index contributed by atoms with van der Waals surface area (Å²) in [6.07, 6.45) is 6.99. The number of hydrogen-bond acceptors (Lipinski definition) is 6. The minimum absolute atomic E-state index is 0.0672. The normalized spacial score (nSPS) is 22.1. The number of hydrogen-bond donors (Lipinski definition) is 1. The van der Waals surface area contributed by atoms with E-state index in [-0.39, 0.29) is 19.2 Å². The summed E-state index contributed by atoms with van der Waals surface area (Å²) in [5, 5.41) is 6.98. The van der Waals surface area contributed by atoms with E-state index in [9.17, 15) is 9.59 Å². The lowest BCUT2D eigenvalue weighted by Crippen LogP contribution is -2.47. The second-order valence-electron chi connectivity index (χ2n) is 8.13. The van der Waals surface area contributed by atoms with Crippen molar-refractivity contribution in [1.29, 1.82) is 0 Å². The van der Waals surface area contributed by atoms with Crippen molar-refractivity contribution in [2.24, 2.45) is 5.92 Å². The predicted molar refractivity (Wildman–Crippen MR) is 106 cm³/mol. The average Bonchev–Trinajstić information content (AvgIpc) is 3.38. The highest BCUT2D eigenvalue weighted by molar-refractivity contribution is 5.97. The van der Waals surface area contributed by atoms with Gasteiger partial charge in [-0.05, 0) is 24.3 Å². The van der Waals surface area contributed by atoms with E-state index in [0.29, 0.717) is 28.9 Å². The van der Waals surface area contributed by atoms with Crippen LogP contribution >= 0.6 is 0 Å². The Labute approximate surface area is 174 Å². The van der Waals surface area contributed by atoms with Gasteiger partial charge in [-0.3, -0.25) is 4.90 Å². The third kappa shape index (κ3) is 3.58. The Morgan fingerprint density at radius 2 is 1.90 bits per heavy atom. The molecular weight excluding hydrogens is 384 g/mol. The van der Waals surface area contributed by atoms with Gasteiger partial charge < -0.3 is 14.6 Å². The lowest BCUT2D eigenvalue weighted by molar-refractivity contribution is -0.136. The maximum atomic E-state index is 12.9. The van der Waals surface area contributed by atoms with Crippen LogP contribution < -0.4 is 5.32 Å². The third-order valence-electron chi connectivity index (χ3n) is 6.13. The molecular formula is C22H24N4O4. The van der Waals surface area contributed by atoms with Crippen molar-refractivity contribution in [3.63, 3.8) is 0 Å². The molecule has 1 fully saturated rings. The van der Waals surface area contributed by atoms with Gasteiger partial charge in [-0.25, -0.2) is 9.59 Å². The van der Waals surface area contributed by atoms with Crippen molar-refractivity contribution in [3.05, 3.63) is 58.9 Å². The fourth-order valence-electron chi connectivity index (χ4n) is 4.59. The molecule has 1 unspecified atom stereocenters. The van der Waals surface area contributed by atoms with Gasteiger partial charge in [0.15, 0.2) is 5.82 Å². The summed E-state index contributed by atoms with van der Waals surface area (Å²) in [6, 6.07) is 8.58. The molecule has 3 heterocycles. The highest BCUT2D eigenvalue weighted by Gasteiger charge is 2.42. The van der Waals surface area contributed by atoms with Crippen molar-refractivity contribution >= 4 is 12.0 Å². The first-order valence-electron chi connectivity index (χ1n) is 10.5. The third-order valence-corrected chi connectivity index (χ3v) is 6.13. The molecule has 2 aromatic rings. The first-order chi connectivity index (χ1) is 14.7. The molecule has 1 N–H and O–H groups in total. The molecule has 8 heteroatoms. The number of esters is 1. The molecule has 2 amide bonds.